The molecule has 24 aromatic rings. The summed E-state index contributed by atoms with van der Waals surface area (Å²) in [5, 5.41) is 17.6. The predicted octanol–water partition coefficient (Wildman–Crippen LogP) is 32.5. The quantitative estimate of drug-likeness (QED) is 0.0530. The summed E-state index contributed by atoms with van der Waals surface area (Å²) in [5.74, 6) is 0. The van der Waals surface area contributed by atoms with E-state index in [1.54, 1.807) is 0 Å². The van der Waals surface area contributed by atoms with Crippen LogP contribution >= 0.6 is 8.46 Å². The molecule has 1 aliphatic carbocycles. The number of para-hydroxylation sites is 2. The minimum Gasteiger partial charge on any atom is -0.309 e. The van der Waals surface area contributed by atoms with Gasteiger partial charge in [0, 0.05) is 78.6 Å². The molecular weight excluding hydrogens is 1810 g/mol. The van der Waals surface area contributed by atoms with Gasteiger partial charge in [0.05, 0.1) is 39.5 Å². The van der Waals surface area contributed by atoms with E-state index in [1.165, 1.54) is 181 Å². The van der Waals surface area contributed by atoms with Crippen LogP contribution in [0, 0.1) is 0 Å². The zero-order valence-electron chi connectivity index (χ0n) is 72.4. The molecule has 0 amide bonds. The molecule has 20 aromatic carbocycles. The Balaban J connectivity index is 0.000000122. The molecule has 621 valence electrons. The Bertz CT molecular complexity index is 8130. The minimum atomic E-state index is -0.375. The fourth-order valence-corrected chi connectivity index (χ4v) is 20.0. The van der Waals surface area contributed by atoms with Crippen LogP contribution in [0.15, 0.2) is 467 Å². The van der Waals surface area contributed by atoms with E-state index in [-0.39, 0.29) is 46.5 Å². The van der Waals surface area contributed by atoms with Crippen LogP contribution in [0.4, 0.5) is 21.5 Å². The molecule has 0 spiro atoms. The monoisotopic (exact) mass is 1890 g/mol. The summed E-state index contributed by atoms with van der Waals surface area (Å²) in [6.45, 7) is 4.70. The number of aromatic nitrogens is 4. The van der Waals surface area contributed by atoms with Gasteiger partial charge in [0.25, 0.3) is 0 Å². The average molecular weight is 1890 g/mol. The van der Waals surface area contributed by atoms with Crippen molar-refractivity contribution < 1.29 is 4.39 Å². The first kappa shape index (κ1) is 82.9. The topological polar surface area (TPSA) is 38.9 Å². The van der Waals surface area contributed by atoms with Crippen LogP contribution in [-0.2, 0) is 5.41 Å². The summed E-state index contributed by atoms with van der Waals surface area (Å²) in [6, 6.07) is 165. The third-order valence-corrected chi connectivity index (χ3v) is 26.2. The minimum absolute atomic E-state index is 0. The zero-order valence-corrected chi connectivity index (χ0v) is 77.9. The first-order chi connectivity index (χ1) is 64.2. The van der Waals surface area contributed by atoms with Gasteiger partial charge in [-0.15, -0.1) is 8.46 Å². The van der Waals surface area contributed by atoms with Gasteiger partial charge in [0.15, 0.2) is 0 Å². The van der Waals surface area contributed by atoms with E-state index in [4.69, 9.17) is 0 Å². The van der Waals surface area contributed by atoms with Gasteiger partial charge >= 0.3 is 26.2 Å². The van der Waals surface area contributed by atoms with Crippen molar-refractivity contribution in [2.45, 2.75) is 19.3 Å². The van der Waals surface area contributed by atoms with Crippen molar-refractivity contribution in [2.24, 2.45) is 0 Å². The van der Waals surface area contributed by atoms with E-state index >= 15 is 0 Å². The predicted molar refractivity (Wildman–Crippen MR) is 562 cm³/mol. The van der Waals surface area contributed by atoms with Crippen molar-refractivity contribution in [2.75, 3.05) is 11.3 Å². The number of fused-ring (bicyclic) bond motifs is 18. The van der Waals surface area contributed by atoms with E-state index in [2.05, 4.69) is 488 Å². The molecule has 5 nitrogen and oxygen atoms in total. The molecule has 1 aliphatic rings. The Morgan fingerprint density at radius 1 is 0.275 bits per heavy atom. The molecule has 0 N–H and O–H groups in total. The molecule has 25 rings (SSSR count). The third kappa shape index (κ3) is 15.2. The van der Waals surface area contributed by atoms with Gasteiger partial charge in [-0.2, -0.15) is 0 Å². The second-order valence-electron chi connectivity index (χ2n) is 33.7. The largest absolute Gasteiger partial charge is 0.309 e. The summed E-state index contributed by atoms with van der Waals surface area (Å²) in [7, 11) is 4.65. The maximum atomic E-state index is 10.6. The fourth-order valence-electron chi connectivity index (χ4n) is 20.0. The van der Waals surface area contributed by atoms with E-state index < -0.39 is 0 Å². The molecule has 3 radical (unpaired) electrons. The number of halogens is 1. The molecule has 0 bridgehead atoms. The molecule has 131 heavy (non-hydrogen) atoms. The zero-order chi connectivity index (χ0) is 87.2. The van der Waals surface area contributed by atoms with E-state index in [9.17, 15) is 4.39 Å². The Hall–Kier alpha value is -15.0. The van der Waals surface area contributed by atoms with Gasteiger partial charge in [-0.05, 0) is 235 Å². The molecule has 4 heterocycles. The summed E-state index contributed by atoms with van der Waals surface area (Å²) in [6.07, 6.45) is 3.38. The number of hydrogen-bond donors (Lipinski definition) is 0. The van der Waals surface area contributed by atoms with Gasteiger partial charge in [-0.1, -0.05) is 366 Å². The molecule has 0 saturated carbocycles. The molecular formula is C122H88BBiFN5P. The van der Waals surface area contributed by atoms with Gasteiger partial charge < -0.3 is 14.0 Å². The molecule has 0 saturated heterocycles. The Morgan fingerprint density at radius 3 is 1.15 bits per heavy atom. The number of pyridine rings is 2. The second kappa shape index (κ2) is 35.9. The molecule has 0 aliphatic heterocycles. The standard InChI is InChI=1S/C51H38N2.C46H29N.C24H16N2.CH3BFP.Bi.2H/c1-51(2)47-19-11-9-17-43(47)44-31-30-42(34-48(44)51)52(40-26-21-36(22-27-40)35-13-5-3-6-14-35)41-28-23-37(24-29-41)38-25-32-50-46(33-38)45-18-10-12-20-49(45)53(50)39-15-7-4-8-16-39;1-2-14-32(15-3-1)43-37-18-8-10-20-39(37)44(40-21-11-9-19-38(40)43)33-22-26-34(27-23-33)47-41-28-24-30-12-4-6-16-35(30)45(41)46-36-17-7-5-13-31(36)25-29-42(46)47;1-3-7-17(8-4-1)19-13-15-25-23-21(19)11-12-22-20(14-16-26-24(22)23)18-9-5-2-6-10-18;2-4-1-3;;;/h3-34H,1-2H3;1-29H;1-16H;4H,1H2;;;. The smallest absolute Gasteiger partial charge is 0.0970 e. The maximum absolute atomic E-state index is 10.6. The van der Waals surface area contributed by atoms with Gasteiger partial charge in [-0.3, -0.25) is 9.97 Å². The number of nitrogens with zero attached hydrogens (tertiary/aromatic N) is 5. The number of hydrogen-bond acceptors (Lipinski definition) is 3. The van der Waals surface area contributed by atoms with Crippen LogP contribution in [0.2, 0.25) is 0 Å². The van der Waals surface area contributed by atoms with Crippen LogP contribution in [0.1, 0.15) is 25.0 Å². The van der Waals surface area contributed by atoms with Gasteiger partial charge in [0.1, 0.15) is 7.57 Å². The Morgan fingerprint density at radius 2 is 0.634 bits per heavy atom. The van der Waals surface area contributed by atoms with Crippen LogP contribution in [0.5, 0.6) is 0 Å². The van der Waals surface area contributed by atoms with Crippen LogP contribution in [0.25, 0.3) is 198 Å². The van der Waals surface area contributed by atoms with Gasteiger partial charge in [-0.25, -0.2) is 4.39 Å². The number of anilines is 3. The average Bonchev–Trinajstić information content (AvgIpc) is 1.56. The summed E-state index contributed by atoms with van der Waals surface area (Å²) >= 11 is 0. The maximum Gasteiger partial charge on any atom is 0.0970 e. The van der Waals surface area contributed by atoms with Crippen molar-refractivity contribution in [3.63, 3.8) is 0 Å². The van der Waals surface area contributed by atoms with Crippen LogP contribution < -0.4 is 4.90 Å². The molecule has 0 fully saturated rings. The number of alkyl halides is 1. The van der Waals surface area contributed by atoms with Crippen LogP contribution in [0.3, 0.4) is 0 Å². The fraction of sp³-hybridized carbons (Fsp3) is 0.0328. The molecule has 9 heteroatoms. The van der Waals surface area contributed by atoms with Gasteiger partial charge in [0.2, 0.25) is 0 Å². The second-order valence-corrected chi connectivity index (χ2v) is 34.4. The van der Waals surface area contributed by atoms with Crippen molar-refractivity contribution in [3.05, 3.63) is 478 Å². The summed E-state index contributed by atoms with van der Waals surface area (Å²) in [4.78, 5) is 11.7. The van der Waals surface area contributed by atoms with E-state index in [1.807, 2.05) is 24.5 Å². The summed E-state index contributed by atoms with van der Waals surface area (Å²) in [5.41, 5.74) is 32.5. The number of rotatable bonds is 12. The molecule has 1 unspecified atom stereocenters. The third-order valence-electron chi connectivity index (χ3n) is 26.0. The Kier molecular flexibility index (Phi) is 22.7. The number of benzene rings is 20. The van der Waals surface area contributed by atoms with Crippen molar-refractivity contribution in [1.29, 1.82) is 0 Å². The molecule has 4 aromatic heterocycles. The first-order valence-electron chi connectivity index (χ1n) is 44.3. The Labute approximate surface area is 783 Å². The first-order valence-corrected chi connectivity index (χ1v) is 45.6. The van der Waals surface area contributed by atoms with E-state index in [0.29, 0.717) is 0 Å². The SMILES string of the molecule is CC1(C)c2ccccc2-c2ccc(N(c3ccc(-c4ccccc4)cc3)c3ccc(-c4ccc5c(c4)c4ccccc4n5-c4ccccc4)cc3)cc21.[B]PCF.[BiH2].c1ccc(-c2c3ccccc3c(-c3ccc(-n4c5ccc6ccccc6c5c5c6ccccc6ccc54)cc3)c3ccccc23)cc1.c1ccc(-c2ccnc3c2ccc2c(-c4ccccc4)ccnc23)cc1. The molecule has 1 atom stereocenters. The van der Waals surface area contributed by atoms with Crippen molar-refractivity contribution in [1.82, 2.24) is 19.1 Å². The normalized spacial score (nSPS) is 12.0. The van der Waals surface area contributed by atoms with Crippen molar-refractivity contribution in [3.8, 4) is 89.3 Å². The van der Waals surface area contributed by atoms with Crippen LogP contribution in [-0.4, -0.2) is 59.3 Å². The van der Waals surface area contributed by atoms with E-state index in [0.717, 1.165) is 44.6 Å². The summed E-state index contributed by atoms with van der Waals surface area (Å²) < 4.78 is 15.4. The van der Waals surface area contributed by atoms with Crippen molar-refractivity contribution >= 4 is 168 Å².